The van der Waals surface area contributed by atoms with Gasteiger partial charge in [0.05, 0.1) is 24.5 Å². The van der Waals surface area contributed by atoms with Crippen molar-refractivity contribution in [1.29, 1.82) is 0 Å². The van der Waals surface area contributed by atoms with E-state index >= 15 is 0 Å². The summed E-state index contributed by atoms with van der Waals surface area (Å²) in [4.78, 5) is 16.8. The van der Waals surface area contributed by atoms with Crippen molar-refractivity contribution in [2.24, 2.45) is 7.05 Å². The number of likely N-dealkylation sites (tertiary alicyclic amines) is 1. The number of rotatable bonds is 3. The maximum atomic E-state index is 13.5. The quantitative estimate of drug-likeness (QED) is 0.845. The lowest BCUT2D eigenvalue weighted by Gasteiger charge is -2.26. The minimum atomic E-state index is -1.000. The van der Waals surface area contributed by atoms with E-state index in [1.807, 2.05) is 11.7 Å². The molecule has 0 N–H and O–H groups in total. The maximum Gasteiger partial charge on any atom is 0.254 e. The first-order valence-electron chi connectivity index (χ1n) is 9.03. The second kappa shape index (κ2) is 6.79. The molecule has 2 aliphatic rings. The van der Waals surface area contributed by atoms with E-state index in [1.165, 1.54) is 25.3 Å². The minimum absolute atomic E-state index is 0.169. The summed E-state index contributed by atoms with van der Waals surface area (Å²) in [5, 5.41) is 4.65. The highest BCUT2D eigenvalue weighted by Crippen LogP contribution is 2.28. The smallest absolute Gasteiger partial charge is 0.254 e. The first-order chi connectivity index (χ1) is 12.5. The molecule has 26 heavy (non-hydrogen) atoms. The number of halogens is 2. The number of aromatic nitrogens is 2. The van der Waals surface area contributed by atoms with E-state index in [-0.39, 0.29) is 11.5 Å². The highest BCUT2D eigenvalue weighted by molar-refractivity contribution is 5.94. The lowest BCUT2D eigenvalue weighted by Crippen LogP contribution is -2.30. The van der Waals surface area contributed by atoms with Gasteiger partial charge in [-0.15, -0.1) is 0 Å². The number of piperidine rings is 1. The third-order valence-electron chi connectivity index (χ3n) is 5.32. The third kappa shape index (κ3) is 3.11. The molecule has 1 amide bonds. The van der Waals surface area contributed by atoms with E-state index in [4.69, 9.17) is 0 Å². The highest BCUT2D eigenvalue weighted by Gasteiger charge is 2.31. The molecule has 138 valence electrons. The van der Waals surface area contributed by atoms with Gasteiger partial charge in [-0.1, -0.05) is 6.42 Å². The molecule has 2 aromatic rings. The highest BCUT2D eigenvalue weighted by atomic mass is 19.2. The molecule has 1 fully saturated rings. The van der Waals surface area contributed by atoms with E-state index in [9.17, 15) is 13.6 Å². The summed E-state index contributed by atoms with van der Waals surface area (Å²) in [7, 11) is 1.89. The van der Waals surface area contributed by atoms with Crippen molar-refractivity contribution < 1.29 is 13.6 Å². The van der Waals surface area contributed by atoms with Crippen molar-refractivity contribution in [2.75, 3.05) is 13.1 Å². The fourth-order valence-corrected chi connectivity index (χ4v) is 3.88. The van der Waals surface area contributed by atoms with E-state index < -0.39 is 11.6 Å². The summed E-state index contributed by atoms with van der Waals surface area (Å²) in [6.45, 7) is 3.88. The molecule has 0 radical (unpaired) electrons. The first-order valence-corrected chi connectivity index (χ1v) is 9.03. The van der Waals surface area contributed by atoms with Crippen LogP contribution in [0.2, 0.25) is 0 Å². The van der Waals surface area contributed by atoms with Crippen molar-refractivity contribution in [3.63, 3.8) is 0 Å². The van der Waals surface area contributed by atoms with Crippen molar-refractivity contribution in [3.05, 3.63) is 52.3 Å². The molecule has 0 atom stereocenters. The van der Waals surface area contributed by atoms with Gasteiger partial charge in [0.2, 0.25) is 0 Å². The number of carbonyl (C=O) groups is 1. The lowest BCUT2D eigenvalue weighted by atomic mass is 10.1. The molecule has 0 aliphatic carbocycles. The molecule has 5 nitrogen and oxygen atoms in total. The van der Waals surface area contributed by atoms with Gasteiger partial charge in [0.25, 0.3) is 5.91 Å². The van der Waals surface area contributed by atoms with Crippen LogP contribution in [0, 0.1) is 11.6 Å². The molecule has 2 aliphatic heterocycles. The Labute approximate surface area is 151 Å². The van der Waals surface area contributed by atoms with Crippen LogP contribution in [0.1, 0.15) is 46.6 Å². The minimum Gasteiger partial charge on any atom is -0.328 e. The van der Waals surface area contributed by atoms with Crippen LogP contribution < -0.4 is 0 Å². The predicted molar refractivity (Wildman–Crippen MR) is 92.3 cm³/mol. The van der Waals surface area contributed by atoms with Gasteiger partial charge in [0.1, 0.15) is 0 Å². The van der Waals surface area contributed by atoms with Crippen molar-refractivity contribution in [2.45, 2.75) is 38.9 Å². The zero-order chi connectivity index (χ0) is 18.3. The zero-order valence-corrected chi connectivity index (χ0v) is 14.8. The normalized spacial score (nSPS) is 17.6. The second-order valence-electron chi connectivity index (χ2n) is 7.12. The Morgan fingerprint density at radius 2 is 1.88 bits per heavy atom. The zero-order valence-electron chi connectivity index (χ0n) is 14.8. The van der Waals surface area contributed by atoms with Gasteiger partial charge in [-0.25, -0.2) is 8.78 Å². The van der Waals surface area contributed by atoms with Crippen LogP contribution in [0.25, 0.3) is 0 Å². The first kappa shape index (κ1) is 17.1. The Balaban J connectivity index is 1.52. The van der Waals surface area contributed by atoms with Crippen LogP contribution in [0.4, 0.5) is 8.78 Å². The maximum absolute atomic E-state index is 13.5. The molecule has 0 bridgehead atoms. The number of carbonyl (C=O) groups excluding carboxylic acids is 1. The molecular formula is C19H22F2N4O. The Hall–Kier alpha value is -2.28. The van der Waals surface area contributed by atoms with Crippen LogP contribution >= 0.6 is 0 Å². The second-order valence-corrected chi connectivity index (χ2v) is 7.12. The number of fused-ring (bicyclic) bond motifs is 1. The molecule has 1 saturated heterocycles. The molecule has 0 spiro atoms. The van der Waals surface area contributed by atoms with Gasteiger partial charge in [-0.3, -0.25) is 14.4 Å². The number of amides is 1. The number of aryl methyl sites for hydroxylation is 1. The van der Waals surface area contributed by atoms with Gasteiger partial charge in [0.15, 0.2) is 11.6 Å². The molecule has 4 rings (SSSR count). The average Bonchev–Trinajstić information content (AvgIpc) is 3.19. The van der Waals surface area contributed by atoms with E-state index in [0.29, 0.717) is 13.1 Å². The van der Waals surface area contributed by atoms with Crippen LogP contribution in [0.3, 0.4) is 0 Å². The lowest BCUT2D eigenvalue weighted by molar-refractivity contribution is 0.0747. The summed E-state index contributed by atoms with van der Waals surface area (Å²) < 4.78 is 28.4. The van der Waals surface area contributed by atoms with Gasteiger partial charge in [-0.2, -0.15) is 5.10 Å². The van der Waals surface area contributed by atoms with Crippen LogP contribution in [-0.4, -0.2) is 38.6 Å². The number of hydrogen-bond acceptors (Lipinski definition) is 3. The van der Waals surface area contributed by atoms with E-state index in [2.05, 4.69) is 10.00 Å². The number of nitrogens with zero attached hydrogens (tertiary/aromatic N) is 4. The molecule has 0 unspecified atom stereocenters. The summed E-state index contributed by atoms with van der Waals surface area (Å²) in [5.41, 5.74) is 3.30. The topological polar surface area (TPSA) is 41.4 Å². The number of benzene rings is 1. The van der Waals surface area contributed by atoms with Gasteiger partial charge in [-0.05, 0) is 44.1 Å². The fraction of sp³-hybridized carbons (Fsp3) is 0.474. The molecule has 1 aromatic carbocycles. The average molecular weight is 360 g/mol. The summed E-state index contributed by atoms with van der Waals surface area (Å²) >= 11 is 0. The van der Waals surface area contributed by atoms with Crippen LogP contribution in [0.15, 0.2) is 18.2 Å². The molecule has 3 heterocycles. The van der Waals surface area contributed by atoms with E-state index in [0.717, 1.165) is 48.7 Å². The fourth-order valence-electron chi connectivity index (χ4n) is 3.88. The van der Waals surface area contributed by atoms with Gasteiger partial charge < -0.3 is 4.90 Å². The summed E-state index contributed by atoms with van der Waals surface area (Å²) in [6.07, 6.45) is 3.72. The van der Waals surface area contributed by atoms with Crippen LogP contribution in [0.5, 0.6) is 0 Å². The molecular weight excluding hydrogens is 338 g/mol. The van der Waals surface area contributed by atoms with Crippen LogP contribution in [-0.2, 0) is 26.7 Å². The molecule has 1 aromatic heterocycles. The molecule has 0 saturated carbocycles. The van der Waals surface area contributed by atoms with Crippen molar-refractivity contribution >= 4 is 5.91 Å². The Kier molecular flexibility index (Phi) is 4.48. The summed E-state index contributed by atoms with van der Waals surface area (Å²) in [5.74, 6) is -2.23. The monoisotopic (exact) mass is 360 g/mol. The predicted octanol–water partition coefficient (Wildman–Crippen LogP) is 2.84. The van der Waals surface area contributed by atoms with E-state index in [1.54, 1.807) is 4.90 Å². The molecule has 7 heteroatoms. The standard InChI is InChI=1S/C19H22F2N4O/c1-23-18-12-25(19(26)13-5-6-15(20)16(21)9-13)10-14(18)17(22-23)11-24-7-3-2-4-8-24/h5-6,9H,2-4,7-8,10-12H2,1H3. The third-order valence-corrected chi connectivity index (χ3v) is 5.32. The summed E-state index contributed by atoms with van der Waals surface area (Å²) in [6, 6.07) is 3.29. The van der Waals surface area contributed by atoms with Crippen molar-refractivity contribution in [1.82, 2.24) is 19.6 Å². The number of hydrogen-bond donors (Lipinski definition) is 0. The Morgan fingerprint density at radius 3 is 2.62 bits per heavy atom. The van der Waals surface area contributed by atoms with Gasteiger partial charge >= 0.3 is 0 Å². The SMILES string of the molecule is Cn1nc(CN2CCCCC2)c2c1CN(C(=O)c1ccc(F)c(F)c1)C2. The van der Waals surface area contributed by atoms with Gasteiger partial charge in [0, 0.05) is 24.7 Å². The Bertz CT molecular complexity index is 842. The Morgan fingerprint density at radius 1 is 1.12 bits per heavy atom. The van der Waals surface area contributed by atoms with Crippen molar-refractivity contribution in [3.8, 4) is 0 Å². The largest absolute Gasteiger partial charge is 0.328 e.